The lowest BCUT2D eigenvalue weighted by atomic mass is 9.97. The number of rotatable bonds is 4. The highest BCUT2D eigenvalue weighted by Gasteiger charge is 2.39. The third kappa shape index (κ3) is 3.43. The lowest BCUT2D eigenvalue weighted by Crippen LogP contribution is -2.43. The van der Waals surface area contributed by atoms with E-state index in [1.165, 1.54) is 12.7 Å². The summed E-state index contributed by atoms with van der Waals surface area (Å²) in [6, 6.07) is 6.19. The number of hydrogen-bond acceptors (Lipinski definition) is 3. The number of allylic oxidation sites excluding steroid dienone is 1. The Labute approximate surface area is 134 Å². The second-order valence-corrected chi connectivity index (χ2v) is 12.1. The molecule has 3 nitrogen and oxygen atoms in total. The van der Waals surface area contributed by atoms with Crippen LogP contribution in [-0.2, 0) is 9.53 Å². The van der Waals surface area contributed by atoms with Crippen LogP contribution in [0.5, 0.6) is 5.75 Å². The number of ether oxygens (including phenoxy) is 1. The highest BCUT2D eigenvalue weighted by atomic mass is 28.4. The number of fused-ring (bicyclic) bond motifs is 1. The minimum Gasteiger partial charge on any atom is -0.543 e. The molecule has 1 atom stereocenters. The van der Waals surface area contributed by atoms with Gasteiger partial charge in [-0.25, -0.2) is 0 Å². The minimum absolute atomic E-state index is 0.115. The summed E-state index contributed by atoms with van der Waals surface area (Å²) in [6.07, 6.45) is 4.53. The van der Waals surface area contributed by atoms with Crippen LogP contribution < -0.4 is 4.43 Å². The first-order valence-electron chi connectivity index (χ1n) is 7.72. The molecule has 2 rings (SSSR count). The molecule has 120 valence electrons. The second-order valence-electron chi connectivity index (χ2n) is 7.40. The average molecular weight is 318 g/mol. The molecule has 1 aliphatic rings. The zero-order valence-electron chi connectivity index (χ0n) is 14.4. The van der Waals surface area contributed by atoms with Gasteiger partial charge >= 0.3 is 5.97 Å². The van der Waals surface area contributed by atoms with Crippen molar-refractivity contribution < 1.29 is 14.0 Å². The SMILES string of the molecule is COC(=O)CC1C=Cc2cc(O[Si](C)(C)C(C)(C)C)ccc21. The number of methoxy groups -OCH3 is 1. The van der Waals surface area contributed by atoms with Gasteiger partial charge in [0, 0.05) is 5.92 Å². The van der Waals surface area contributed by atoms with Crippen LogP contribution in [0.15, 0.2) is 24.3 Å². The second kappa shape index (κ2) is 5.92. The first kappa shape index (κ1) is 16.8. The highest BCUT2D eigenvalue weighted by Crippen LogP contribution is 2.39. The van der Waals surface area contributed by atoms with E-state index in [0.29, 0.717) is 6.42 Å². The predicted molar refractivity (Wildman–Crippen MR) is 92.7 cm³/mol. The highest BCUT2D eigenvalue weighted by molar-refractivity contribution is 6.74. The van der Waals surface area contributed by atoms with Gasteiger partial charge in [-0.05, 0) is 41.4 Å². The van der Waals surface area contributed by atoms with Gasteiger partial charge in [-0.2, -0.15) is 0 Å². The number of benzene rings is 1. The molecule has 0 saturated heterocycles. The number of carbonyl (C=O) groups is 1. The number of esters is 1. The molecular weight excluding hydrogens is 292 g/mol. The molecule has 22 heavy (non-hydrogen) atoms. The molecule has 0 aliphatic heterocycles. The van der Waals surface area contributed by atoms with Crippen LogP contribution in [0.4, 0.5) is 0 Å². The van der Waals surface area contributed by atoms with E-state index >= 15 is 0 Å². The van der Waals surface area contributed by atoms with Crippen molar-refractivity contribution in [3.63, 3.8) is 0 Å². The molecule has 1 aliphatic carbocycles. The van der Waals surface area contributed by atoms with Gasteiger partial charge in [-0.3, -0.25) is 4.79 Å². The zero-order chi connectivity index (χ0) is 16.5. The summed E-state index contributed by atoms with van der Waals surface area (Å²) in [5.41, 5.74) is 2.32. The van der Waals surface area contributed by atoms with Crippen molar-refractivity contribution in [2.24, 2.45) is 0 Å². The van der Waals surface area contributed by atoms with Gasteiger partial charge in [0.15, 0.2) is 0 Å². The summed E-state index contributed by atoms with van der Waals surface area (Å²) in [5.74, 6) is 0.863. The van der Waals surface area contributed by atoms with Crippen LogP contribution in [0, 0.1) is 0 Å². The summed E-state index contributed by atoms with van der Waals surface area (Å²) < 4.78 is 11.1. The molecule has 0 N–H and O–H groups in total. The maximum atomic E-state index is 11.5. The maximum absolute atomic E-state index is 11.5. The first-order valence-corrected chi connectivity index (χ1v) is 10.6. The fourth-order valence-corrected chi connectivity index (χ4v) is 3.33. The molecule has 1 unspecified atom stereocenters. The van der Waals surface area contributed by atoms with Gasteiger partial charge in [0.25, 0.3) is 0 Å². The van der Waals surface area contributed by atoms with Gasteiger partial charge in [-0.1, -0.05) is 39.0 Å². The van der Waals surface area contributed by atoms with E-state index in [1.54, 1.807) is 0 Å². The molecule has 0 heterocycles. The summed E-state index contributed by atoms with van der Waals surface area (Å²) in [7, 11) is -0.397. The largest absolute Gasteiger partial charge is 0.543 e. The monoisotopic (exact) mass is 318 g/mol. The average Bonchev–Trinajstić information content (AvgIpc) is 2.79. The summed E-state index contributed by atoms with van der Waals surface area (Å²) in [6.45, 7) is 11.2. The first-order chi connectivity index (χ1) is 10.1. The third-order valence-corrected chi connectivity index (χ3v) is 9.12. The van der Waals surface area contributed by atoms with Gasteiger partial charge in [0.2, 0.25) is 8.32 Å². The zero-order valence-corrected chi connectivity index (χ0v) is 15.4. The van der Waals surface area contributed by atoms with E-state index in [9.17, 15) is 4.79 Å². The quantitative estimate of drug-likeness (QED) is 0.594. The van der Waals surface area contributed by atoms with Crippen molar-refractivity contribution >= 4 is 20.4 Å². The molecule has 0 spiro atoms. The van der Waals surface area contributed by atoms with E-state index < -0.39 is 8.32 Å². The van der Waals surface area contributed by atoms with Crippen LogP contribution in [0.2, 0.25) is 18.1 Å². The van der Waals surface area contributed by atoms with Crippen molar-refractivity contribution in [1.82, 2.24) is 0 Å². The summed E-state index contributed by atoms with van der Waals surface area (Å²) >= 11 is 0. The molecule has 1 aromatic carbocycles. The topological polar surface area (TPSA) is 35.5 Å². The molecular formula is C18H26O3Si. The molecule has 0 radical (unpaired) electrons. The van der Waals surface area contributed by atoms with Crippen molar-refractivity contribution in [3.8, 4) is 5.75 Å². The van der Waals surface area contributed by atoms with Crippen molar-refractivity contribution in [1.29, 1.82) is 0 Å². The Kier molecular flexibility index (Phi) is 4.52. The fraction of sp³-hybridized carbons (Fsp3) is 0.500. The Hall–Kier alpha value is -1.55. The Balaban J connectivity index is 2.18. The van der Waals surface area contributed by atoms with Gasteiger partial charge in [-0.15, -0.1) is 0 Å². The molecule has 0 fully saturated rings. The van der Waals surface area contributed by atoms with Crippen LogP contribution in [0.1, 0.15) is 44.2 Å². The standard InChI is InChI=1S/C18H26O3Si/c1-18(2,3)22(5,6)21-15-9-10-16-13(11-15)7-8-14(16)12-17(19)20-4/h7-11,14H,12H2,1-6H3. The molecule has 0 bridgehead atoms. The van der Waals surface area contributed by atoms with Crippen molar-refractivity contribution in [2.75, 3.05) is 7.11 Å². The van der Waals surface area contributed by atoms with Crippen molar-refractivity contribution in [2.45, 2.75) is 51.2 Å². The van der Waals surface area contributed by atoms with E-state index in [1.807, 2.05) is 6.07 Å². The van der Waals surface area contributed by atoms with Crippen molar-refractivity contribution in [3.05, 3.63) is 35.4 Å². The smallest absolute Gasteiger partial charge is 0.306 e. The molecule has 0 aromatic heterocycles. The number of hydrogen-bond donors (Lipinski definition) is 0. The predicted octanol–water partition coefficient (Wildman–Crippen LogP) is 4.74. The molecule has 4 heteroatoms. The lowest BCUT2D eigenvalue weighted by molar-refractivity contribution is -0.140. The van der Waals surface area contributed by atoms with Crippen LogP contribution in [0.3, 0.4) is 0 Å². The molecule has 1 aromatic rings. The molecule has 0 amide bonds. The minimum atomic E-state index is -1.83. The molecule has 0 saturated carbocycles. The van der Waals surface area contributed by atoms with E-state index in [4.69, 9.17) is 9.16 Å². The van der Waals surface area contributed by atoms with Gasteiger partial charge in [0.1, 0.15) is 5.75 Å². The van der Waals surface area contributed by atoms with Crippen LogP contribution in [-0.4, -0.2) is 21.4 Å². The Bertz CT molecular complexity index is 597. The van der Waals surface area contributed by atoms with Crippen LogP contribution >= 0.6 is 0 Å². The Morgan fingerprint density at radius 3 is 2.55 bits per heavy atom. The lowest BCUT2D eigenvalue weighted by Gasteiger charge is -2.36. The van der Waals surface area contributed by atoms with E-state index in [2.05, 4.69) is 58.2 Å². The summed E-state index contributed by atoms with van der Waals surface area (Å²) in [5, 5.41) is 0.176. The fourth-order valence-electron chi connectivity index (χ4n) is 2.31. The third-order valence-electron chi connectivity index (χ3n) is 4.76. The normalized spacial score (nSPS) is 17.3. The van der Waals surface area contributed by atoms with Crippen LogP contribution in [0.25, 0.3) is 6.08 Å². The van der Waals surface area contributed by atoms with E-state index in [-0.39, 0.29) is 16.9 Å². The van der Waals surface area contributed by atoms with Gasteiger partial charge < -0.3 is 9.16 Å². The number of carbonyl (C=O) groups excluding carboxylic acids is 1. The summed E-state index contributed by atoms with van der Waals surface area (Å²) in [4.78, 5) is 11.5. The Morgan fingerprint density at radius 1 is 1.27 bits per heavy atom. The Morgan fingerprint density at radius 2 is 1.95 bits per heavy atom. The van der Waals surface area contributed by atoms with E-state index in [0.717, 1.165) is 11.3 Å². The van der Waals surface area contributed by atoms with Gasteiger partial charge in [0.05, 0.1) is 13.5 Å². The maximum Gasteiger partial charge on any atom is 0.306 e.